The molecule has 0 atom stereocenters. The van der Waals surface area contributed by atoms with Crippen molar-refractivity contribution in [3.8, 4) is 11.6 Å². The maximum atomic E-state index is 6.18. The van der Waals surface area contributed by atoms with E-state index in [4.69, 9.17) is 16.3 Å². The molecule has 2 rings (SSSR count). The molecule has 1 aromatic carbocycles. The first-order valence-electron chi connectivity index (χ1n) is 6.46. The van der Waals surface area contributed by atoms with Crippen LogP contribution in [0, 0.1) is 0 Å². The molecule has 1 N–H and O–H groups in total. The molecule has 0 aliphatic rings. The lowest BCUT2D eigenvalue weighted by Gasteiger charge is -2.13. The molecule has 21 heavy (non-hydrogen) atoms. The maximum absolute atomic E-state index is 6.18. The van der Waals surface area contributed by atoms with Gasteiger partial charge >= 0.3 is 0 Å². The van der Waals surface area contributed by atoms with E-state index < -0.39 is 0 Å². The second-order valence-electron chi connectivity index (χ2n) is 4.83. The Morgan fingerprint density at radius 3 is 2.67 bits per heavy atom. The van der Waals surface area contributed by atoms with Gasteiger partial charge in [0.15, 0.2) is 0 Å². The zero-order valence-electron chi connectivity index (χ0n) is 11.7. The number of benzene rings is 1. The van der Waals surface area contributed by atoms with Crippen LogP contribution in [0.15, 0.2) is 39.4 Å². The minimum atomic E-state index is 0.383. The van der Waals surface area contributed by atoms with Crippen LogP contribution >= 0.6 is 43.5 Å². The van der Waals surface area contributed by atoms with E-state index in [1.807, 2.05) is 18.2 Å². The minimum Gasteiger partial charge on any atom is -0.437 e. The highest BCUT2D eigenvalue weighted by molar-refractivity contribution is 9.10. The Labute approximate surface area is 146 Å². The summed E-state index contributed by atoms with van der Waals surface area (Å²) < 4.78 is 7.68. The van der Waals surface area contributed by atoms with Gasteiger partial charge in [0.1, 0.15) is 5.75 Å². The van der Waals surface area contributed by atoms with Gasteiger partial charge in [0.25, 0.3) is 0 Å². The fourth-order valence-electron chi connectivity index (χ4n) is 1.66. The van der Waals surface area contributed by atoms with E-state index in [2.05, 4.69) is 56.0 Å². The summed E-state index contributed by atoms with van der Waals surface area (Å²) in [5, 5.41) is 3.90. The second-order valence-corrected chi connectivity index (χ2v) is 7.07. The standard InChI is InChI=1S/C15H15Br2ClN2O/c1-9(2)19-7-10-5-12(17)8-20-15(10)21-14-4-3-11(16)6-13(14)18/h3-6,8-9,19H,7H2,1-2H3. The predicted octanol–water partition coefficient (Wildman–Crippen LogP) is 5.55. The molecule has 0 aliphatic carbocycles. The van der Waals surface area contributed by atoms with Crippen molar-refractivity contribution in [2.45, 2.75) is 26.4 Å². The average molecular weight is 435 g/mol. The molecule has 0 bridgehead atoms. The highest BCUT2D eigenvalue weighted by Gasteiger charge is 2.11. The van der Waals surface area contributed by atoms with Crippen LogP contribution in [0.25, 0.3) is 0 Å². The van der Waals surface area contributed by atoms with Crippen LogP contribution in [-0.4, -0.2) is 11.0 Å². The monoisotopic (exact) mass is 432 g/mol. The largest absolute Gasteiger partial charge is 0.437 e. The summed E-state index contributed by atoms with van der Waals surface area (Å²) in [6.07, 6.45) is 1.71. The third kappa shape index (κ3) is 4.95. The highest BCUT2D eigenvalue weighted by atomic mass is 79.9. The fourth-order valence-corrected chi connectivity index (χ4v) is 2.75. The first kappa shape index (κ1) is 16.7. The summed E-state index contributed by atoms with van der Waals surface area (Å²) in [7, 11) is 0. The van der Waals surface area contributed by atoms with Crippen molar-refractivity contribution in [2.75, 3.05) is 0 Å². The number of aromatic nitrogens is 1. The molecule has 0 radical (unpaired) electrons. The molecule has 0 aliphatic heterocycles. The van der Waals surface area contributed by atoms with Crippen LogP contribution in [0.1, 0.15) is 19.4 Å². The van der Waals surface area contributed by atoms with Crippen LogP contribution in [0.4, 0.5) is 0 Å². The van der Waals surface area contributed by atoms with Crippen molar-refractivity contribution in [3.63, 3.8) is 0 Å². The molecule has 2 aromatic rings. The van der Waals surface area contributed by atoms with Crippen LogP contribution in [0.5, 0.6) is 11.6 Å². The van der Waals surface area contributed by atoms with Gasteiger partial charge in [0.05, 0.1) is 5.02 Å². The molecule has 0 unspecified atom stereocenters. The molecule has 6 heteroatoms. The Hall–Kier alpha value is -0.620. The van der Waals surface area contributed by atoms with Gasteiger partial charge in [-0.2, -0.15) is 0 Å². The third-order valence-corrected chi connectivity index (χ3v) is 3.92. The quantitative estimate of drug-likeness (QED) is 0.670. The Balaban J connectivity index is 2.26. The number of pyridine rings is 1. The SMILES string of the molecule is CC(C)NCc1cc(Br)cnc1Oc1ccc(Br)cc1Cl. The highest BCUT2D eigenvalue weighted by Crippen LogP contribution is 2.32. The lowest BCUT2D eigenvalue weighted by Crippen LogP contribution is -2.22. The summed E-state index contributed by atoms with van der Waals surface area (Å²) in [6.45, 7) is 4.86. The van der Waals surface area contributed by atoms with E-state index in [9.17, 15) is 0 Å². The van der Waals surface area contributed by atoms with Crippen molar-refractivity contribution >= 4 is 43.5 Å². The molecule has 112 valence electrons. The average Bonchev–Trinajstić information content (AvgIpc) is 2.41. The summed E-state index contributed by atoms with van der Waals surface area (Å²) in [5.74, 6) is 1.14. The van der Waals surface area contributed by atoms with Crippen LogP contribution in [-0.2, 0) is 6.54 Å². The topological polar surface area (TPSA) is 34.2 Å². The predicted molar refractivity (Wildman–Crippen MR) is 93.1 cm³/mol. The van der Waals surface area contributed by atoms with Gasteiger partial charge in [-0.1, -0.05) is 41.4 Å². The molecular weight excluding hydrogens is 419 g/mol. The number of ether oxygens (including phenoxy) is 1. The molecule has 1 heterocycles. The van der Waals surface area contributed by atoms with Gasteiger partial charge in [-0.3, -0.25) is 0 Å². The minimum absolute atomic E-state index is 0.383. The van der Waals surface area contributed by atoms with E-state index in [0.717, 1.165) is 14.5 Å². The summed E-state index contributed by atoms with van der Waals surface area (Å²) in [6, 6.07) is 7.86. The Kier molecular flexibility index (Phi) is 6.05. The summed E-state index contributed by atoms with van der Waals surface area (Å²) in [5.41, 5.74) is 0.970. The Morgan fingerprint density at radius 1 is 1.24 bits per heavy atom. The fraction of sp³-hybridized carbons (Fsp3) is 0.267. The number of hydrogen-bond donors (Lipinski definition) is 1. The van der Waals surface area contributed by atoms with Crippen molar-refractivity contribution in [3.05, 3.63) is 50.0 Å². The van der Waals surface area contributed by atoms with Crippen LogP contribution in [0.3, 0.4) is 0 Å². The molecule has 0 saturated heterocycles. The number of halogens is 3. The Bertz CT molecular complexity index is 635. The molecule has 0 amide bonds. The van der Waals surface area contributed by atoms with Gasteiger partial charge in [0, 0.05) is 33.3 Å². The molecule has 0 spiro atoms. The van der Waals surface area contributed by atoms with Gasteiger partial charge in [-0.25, -0.2) is 4.98 Å². The van der Waals surface area contributed by atoms with Crippen molar-refractivity contribution in [1.29, 1.82) is 0 Å². The molecular formula is C15H15Br2ClN2O. The molecule has 1 aromatic heterocycles. The number of rotatable bonds is 5. The summed E-state index contributed by atoms with van der Waals surface area (Å²) in [4.78, 5) is 4.34. The van der Waals surface area contributed by atoms with Crippen molar-refractivity contribution in [1.82, 2.24) is 10.3 Å². The van der Waals surface area contributed by atoms with Gasteiger partial charge in [-0.05, 0) is 40.2 Å². The van der Waals surface area contributed by atoms with E-state index in [0.29, 0.717) is 29.2 Å². The number of nitrogens with one attached hydrogen (secondary N) is 1. The number of nitrogens with zero attached hydrogens (tertiary/aromatic N) is 1. The zero-order chi connectivity index (χ0) is 15.4. The number of hydrogen-bond acceptors (Lipinski definition) is 3. The van der Waals surface area contributed by atoms with E-state index in [-0.39, 0.29) is 0 Å². The lowest BCUT2D eigenvalue weighted by molar-refractivity contribution is 0.450. The van der Waals surface area contributed by atoms with Gasteiger partial charge in [0.2, 0.25) is 5.88 Å². The van der Waals surface area contributed by atoms with Crippen LogP contribution < -0.4 is 10.1 Å². The molecule has 3 nitrogen and oxygen atoms in total. The van der Waals surface area contributed by atoms with Crippen molar-refractivity contribution < 1.29 is 4.74 Å². The maximum Gasteiger partial charge on any atom is 0.223 e. The first-order valence-corrected chi connectivity index (χ1v) is 8.43. The van der Waals surface area contributed by atoms with Gasteiger partial charge < -0.3 is 10.1 Å². The van der Waals surface area contributed by atoms with E-state index in [1.165, 1.54) is 0 Å². The lowest BCUT2D eigenvalue weighted by atomic mass is 10.2. The second kappa shape index (κ2) is 7.58. The Morgan fingerprint density at radius 2 is 2.00 bits per heavy atom. The smallest absolute Gasteiger partial charge is 0.223 e. The van der Waals surface area contributed by atoms with Crippen molar-refractivity contribution in [2.24, 2.45) is 0 Å². The molecule has 0 fully saturated rings. The van der Waals surface area contributed by atoms with Gasteiger partial charge in [-0.15, -0.1) is 0 Å². The van der Waals surface area contributed by atoms with Crippen LogP contribution in [0.2, 0.25) is 5.02 Å². The summed E-state index contributed by atoms with van der Waals surface area (Å²) >= 11 is 13.0. The zero-order valence-corrected chi connectivity index (χ0v) is 15.6. The van der Waals surface area contributed by atoms with E-state index in [1.54, 1.807) is 12.3 Å². The van der Waals surface area contributed by atoms with E-state index >= 15 is 0 Å². The first-order chi connectivity index (χ1) is 9.95. The third-order valence-electron chi connectivity index (χ3n) is 2.69. The normalized spacial score (nSPS) is 11.0. The molecule has 0 saturated carbocycles.